The summed E-state index contributed by atoms with van der Waals surface area (Å²) in [4.78, 5) is 0. The third-order valence-corrected chi connectivity index (χ3v) is 3.69. The van der Waals surface area contributed by atoms with Crippen molar-refractivity contribution in [2.45, 2.75) is 58.0 Å². The van der Waals surface area contributed by atoms with Crippen molar-refractivity contribution in [2.24, 2.45) is 5.73 Å². The van der Waals surface area contributed by atoms with Crippen molar-refractivity contribution >= 4 is 0 Å². The molecule has 1 rings (SSSR count). The zero-order valence-corrected chi connectivity index (χ0v) is 12.8. The monoisotopic (exact) mass is 279 g/mol. The highest BCUT2D eigenvalue weighted by molar-refractivity contribution is 5.29. The molecule has 0 fully saturated rings. The third-order valence-electron chi connectivity index (χ3n) is 3.69. The molecule has 3 heteroatoms. The fraction of sp³-hybridized carbons (Fsp3) is 0.647. The van der Waals surface area contributed by atoms with E-state index >= 15 is 0 Å². The molecule has 0 saturated carbocycles. The molecule has 0 aliphatic carbocycles. The SMILES string of the molecule is CCCCCOc1ccc(C(CC)CC(O)CN)cc1. The van der Waals surface area contributed by atoms with Crippen LogP contribution in [0.4, 0.5) is 0 Å². The normalized spacial score (nSPS) is 14.0. The summed E-state index contributed by atoms with van der Waals surface area (Å²) in [5.74, 6) is 1.29. The molecule has 114 valence electrons. The third kappa shape index (κ3) is 5.93. The van der Waals surface area contributed by atoms with E-state index in [1.165, 1.54) is 18.4 Å². The van der Waals surface area contributed by atoms with Crippen molar-refractivity contribution in [2.75, 3.05) is 13.2 Å². The van der Waals surface area contributed by atoms with E-state index in [1.807, 2.05) is 12.1 Å². The van der Waals surface area contributed by atoms with Crippen molar-refractivity contribution in [1.29, 1.82) is 0 Å². The van der Waals surface area contributed by atoms with Gasteiger partial charge in [0.05, 0.1) is 12.7 Å². The summed E-state index contributed by atoms with van der Waals surface area (Å²) >= 11 is 0. The first kappa shape index (κ1) is 17.0. The minimum Gasteiger partial charge on any atom is -0.494 e. The standard InChI is InChI=1S/C17H29NO2/c1-3-5-6-11-20-17-9-7-15(8-10-17)14(4-2)12-16(19)13-18/h7-10,14,16,19H,3-6,11-13,18H2,1-2H3. The summed E-state index contributed by atoms with van der Waals surface area (Å²) in [5, 5.41) is 9.69. The number of nitrogens with two attached hydrogens (primary N) is 1. The molecule has 0 bridgehead atoms. The maximum absolute atomic E-state index is 9.69. The Bertz CT molecular complexity index is 351. The second-order valence-electron chi connectivity index (χ2n) is 5.36. The first-order valence-electron chi connectivity index (χ1n) is 7.82. The fourth-order valence-electron chi connectivity index (χ4n) is 2.34. The second kappa shape index (κ2) is 9.78. The molecule has 3 nitrogen and oxygen atoms in total. The van der Waals surface area contributed by atoms with Gasteiger partial charge in [0.1, 0.15) is 5.75 Å². The van der Waals surface area contributed by atoms with Crippen molar-refractivity contribution in [3.8, 4) is 5.75 Å². The van der Waals surface area contributed by atoms with Crippen LogP contribution in [0.5, 0.6) is 5.75 Å². The molecule has 0 saturated heterocycles. The molecule has 0 aliphatic rings. The summed E-state index contributed by atoms with van der Waals surface area (Å²) in [5.41, 5.74) is 6.74. The maximum Gasteiger partial charge on any atom is 0.119 e. The highest BCUT2D eigenvalue weighted by atomic mass is 16.5. The van der Waals surface area contributed by atoms with Gasteiger partial charge >= 0.3 is 0 Å². The molecule has 20 heavy (non-hydrogen) atoms. The van der Waals surface area contributed by atoms with Gasteiger partial charge in [-0.05, 0) is 42.9 Å². The molecule has 0 aromatic heterocycles. The predicted molar refractivity (Wildman–Crippen MR) is 84.2 cm³/mol. The van der Waals surface area contributed by atoms with E-state index in [-0.39, 0.29) is 0 Å². The zero-order chi connectivity index (χ0) is 14.8. The maximum atomic E-state index is 9.69. The topological polar surface area (TPSA) is 55.5 Å². The second-order valence-corrected chi connectivity index (χ2v) is 5.36. The van der Waals surface area contributed by atoms with E-state index in [0.717, 1.165) is 31.6 Å². The van der Waals surface area contributed by atoms with Crippen LogP contribution < -0.4 is 10.5 Å². The van der Waals surface area contributed by atoms with Gasteiger partial charge in [-0.3, -0.25) is 0 Å². The van der Waals surface area contributed by atoms with Crippen LogP contribution in [0.25, 0.3) is 0 Å². The predicted octanol–water partition coefficient (Wildman–Crippen LogP) is 3.46. The Morgan fingerprint density at radius 2 is 1.85 bits per heavy atom. The first-order valence-corrected chi connectivity index (χ1v) is 7.82. The summed E-state index contributed by atoms with van der Waals surface area (Å²) in [6, 6.07) is 8.26. The lowest BCUT2D eigenvalue weighted by atomic mass is 9.91. The van der Waals surface area contributed by atoms with E-state index in [1.54, 1.807) is 0 Å². The Kier molecular flexibility index (Phi) is 8.31. The minimum atomic E-state index is -0.412. The van der Waals surface area contributed by atoms with E-state index in [0.29, 0.717) is 12.5 Å². The number of hydrogen-bond donors (Lipinski definition) is 2. The molecular weight excluding hydrogens is 250 g/mol. The van der Waals surface area contributed by atoms with E-state index < -0.39 is 6.10 Å². The van der Waals surface area contributed by atoms with Gasteiger partial charge in [0.2, 0.25) is 0 Å². The zero-order valence-electron chi connectivity index (χ0n) is 12.8. The van der Waals surface area contributed by atoms with Crippen LogP contribution in [0.15, 0.2) is 24.3 Å². The lowest BCUT2D eigenvalue weighted by molar-refractivity contribution is 0.162. The molecular formula is C17H29NO2. The summed E-state index contributed by atoms with van der Waals surface area (Å²) < 4.78 is 5.71. The highest BCUT2D eigenvalue weighted by Gasteiger charge is 2.14. The molecule has 0 heterocycles. The van der Waals surface area contributed by atoms with Gasteiger partial charge in [-0.15, -0.1) is 0 Å². The van der Waals surface area contributed by atoms with Crippen molar-refractivity contribution in [3.05, 3.63) is 29.8 Å². The van der Waals surface area contributed by atoms with Crippen LogP contribution >= 0.6 is 0 Å². The van der Waals surface area contributed by atoms with Gasteiger partial charge in [0.25, 0.3) is 0 Å². The summed E-state index contributed by atoms with van der Waals surface area (Å²) in [6.45, 7) is 5.45. The number of aliphatic hydroxyl groups excluding tert-OH is 1. The van der Waals surface area contributed by atoms with Crippen LogP contribution in [0.3, 0.4) is 0 Å². The van der Waals surface area contributed by atoms with Gasteiger partial charge in [0.15, 0.2) is 0 Å². The highest BCUT2D eigenvalue weighted by Crippen LogP contribution is 2.26. The van der Waals surface area contributed by atoms with Crippen LogP contribution in [0.1, 0.15) is 57.4 Å². The molecule has 0 amide bonds. The lowest BCUT2D eigenvalue weighted by Crippen LogP contribution is -2.22. The van der Waals surface area contributed by atoms with Crippen LogP contribution in [-0.4, -0.2) is 24.4 Å². The number of hydrogen-bond acceptors (Lipinski definition) is 3. The van der Waals surface area contributed by atoms with Gasteiger partial charge in [-0.1, -0.05) is 38.8 Å². The Balaban J connectivity index is 2.51. The van der Waals surface area contributed by atoms with Crippen LogP contribution in [0, 0.1) is 0 Å². The average molecular weight is 279 g/mol. The van der Waals surface area contributed by atoms with Crippen molar-refractivity contribution in [1.82, 2.24) is 0 Å². The average Bonchev–Trinajstić information content (AvgIpc) is 2.49. The molecule has 0 spiro atoms. The first-order chi connectivity index (χ1) is 9.71. The number of ether oxygens (including phenoxy) is 1. The largest absolute Gasteiger partial charge is 0.494 e. The van der Waals surface area contributed by atoms with Crippen LogP contribution in [0.2, 0.25) is 0 Å². The fourth-order valence-corrected chi connectivity index (χ4v) is 2.34. The quantitative estimate of drug-likeness (QED) is 0.645. The van der Waals surface area contributed by atoms with E-state index in [9.17, 15) is 5.11 Å². The molecule has 0 aliphatic heterocycles. The smallest absolute Gasteiger partial charge is 0.119 e. The molecule has 1 aromatic rings. The van der Waals surface area contributed by atoms with E-state index in [4.69, 9.17) is 10.5 Å². The molecule has 2 unspecified atom stereocenters. The summed E-state index contributed by atoms with van der Waals surface area (Å²) in [6.07, 6.45) is 4.86. The minimum absolute atomic E-state index is 0.328. The summed E-state index contributed by atoms with van der Waals surface area (Å²) in [7, 11) is 0. The Morgan fingerprint density at radius 1 is 1.15 bits per heavy atom. The van der Waals surface area contributed by atoms with Gasteiger partial charge in [0, 0.05) is 6.54 Å². The number of aliphatic hydroxyl groups is 1. The molecule has 0 radical (unpaired) electrons. The Morgan fingerprint density at radius 3 is 2.40 bits per heavy atom. The van der Waals surface area contributed by atoms with E-state index in [2.05, 4.69) is 26.0 Å². The molecule has 3 N–H and O–H groups in total. The lowest BCUT2D eigenvalue weighted by Gasteiger charge is -2.18. The van der Waals surface area contributed by atoms with Gasteiger partial charge in [-0.2, -0.15) is 0 Å². The number of benzene rings is 1. The number of rotatable bonds is 10. The molecule has 2 atom stereocenters. The number of unbranched alkanes of at least 4 members (excludes halogenated alkanes) is 2. The van der Waals surface area contributed by atoms with Gasteiger partial charge in [-0.25, -0.2) is 0 Å². The Labute approximate surface area is 123 Å². The molecule has 1 aromatic carbocycles. The Hall–Kier alpha value is -1.06. The van der Waals surface area contributed by atoms with Crippen molar-refractivity contribution < 1.29 is 9.84 Å². The van der Waals surface area contributed by atoms with Gasteiger partial charge < -0.3 is 15.6 Å². The van der Waals surface area contributed by atoms with Crippen molar-refractivity contribution in [3.63, 3.8) is 0 Å². The van der Waals surface area contributed by atoms with Crippen LogP contribution in [-0.2, 0) is 0 Å².